The van der Waals surface area contributed by atoms with Crippen molar-refractivity contribution in [3.8, 4) is 11.5 Å². The van der Waals surface area contributed by atoms with Gasteiger partial charge >= 0.3 is 0 Å². The number of carbonyl (C=O) groups excluding carboxylic acids is 1. The second-order valence-corrected chi connectivity index (χ2v) is 7.02. The monoisotopic (exact) mass is 364 g/mol. The van der Waals surface area contributed by atoms with Crippen LogP contribution < -0.4 is 9.47 Å². The Morgan fingerprint density at radius 2 is 1.96 bits per heavy atom. The maximum Gasteiger partial charge on any atom is 0.260 e. The average molecular weight is 364 g/mol. The van der Waals surface area contributed by atoms with Gasteiger partial charge in [-0.3, -0.25) is 4.79 Å². The molecule has 2 heterocycles. The van der Waals surface area contributed by atoms with Crippen molar-refractivity contribution in [1.29, 1.82) is 0 Å². The number of ether oxygens (including phenoxy) is 3. The number of hydrogen-bond acceptors (Lipinski definition) is 6. The molecule has 2 aliphatic heterocycles. The molecular weight excluding hydrogens is 336 g/mol. The van der Waals surface area contributed by atoms with E-state index < -0.39 is 5.60 Å². The summed E-state index contributed by atoms with van der Waals surface area (Å²) in [4.78, 5) is 16.5. The Hall–Kier alpha value is -1.83. The van der Waals surface area contributed by atoms with Crippen LogP contribution in [0.5, 0.6) is 11.5 Å². The topological polar surface area (TPSA) is 71.5 Å². The van der Waals surface area contributed by atoms with Gasteiger partial charge in [0.25, 0.3) is 5.91 Å². The van der Waals surface area contributed by atoms with E-state index in [4.69, 9.17) is 14.2 Å². The Balaban J connectivity index is 1.58. The Morgan fingerprint density at radius 3 is 2.69 bits per heavy atom. The molecule has 144 valence electrons. The largest absolute Gasteiger partial charge is 0.493 e. The van der Waals surface area contributed by atoms with E-state index in [1.807, 2.05) is 12.1 Å². The standard InChI is InChI=1S/C19H28N2O5/c1-24-16-6-2-3-7-17(16)26-12-18(22)21-10-11-25-15-19(23,14-21)13-20-8-4-5-9-20/h2-3,6-7,23H,4-5,8-15H2,1H3/t19-/m0/s1. The van der Waals surface area contributed by atoms with Gasteiger partial charge in [0, 0.05) is 13.1 Å². The van der Waals surface area contributed by atoms with Crippen molar-refractivity contribution in [3.05, 3.63) is 24.3 Å². The molecule has 0 saturated carbocycles. The molecule has 2 saturated heterocycles. The van der Waals surface area contributed by atoms with Crippen molar-refractivity contribution in [2.24, 2.45) is 0 Å². The van der Waals surface area contributed by atoms with E-state index in [1.54, 1.807) is 24.1 Å². The van der Waals surface area contributed by atoms with E-state index in [-0.39, 0.29) is 25.7 Å². The second-order valence-electron chi connectivity index (χ2n) is 7.02. The highest BCUT2D eigenvalue weighted by molar-refractivity contribution is 5.78. The lowest BCUT2D eigenvalue weighted by atomic mass is 10.0. The summed E-state index contributed by atoms with van der Waals surface area (Å²) < 4.78 is 16.4. The molecule has 1 aromatic rings. The number of β-amino-alcohol motifs (C(OH)–C–C–N with tert-alkyl or cyclic N) is 1. The van der Waals surface area contributed by atoms with Gasteiger partial charge < -0.3 is 29.1 Å². The van der Waals surface area contributed by atoms with Gasteiger partial charge in [0.1, 0.15) is 5.60 Å². The summed E-state index contributed by atoms with van der Waals surface area (Å²) in [5.41, 5.74) is -1.04. The molecule has 0 bridgehead atoms. The average Bonchev–Trinajstić information content (AvgIpc) is 3.07. The third kappa shape index (κ3) is 4.87. The molecular formula is C19H28N2O5. The lowest BCUT2D eigenvalue weighted by Gasteiger charge is -2.34. The first-order chi connectivity index (χ1) is 12.6. The fourth-order valence-electron chi connectivity index (χ4n) is 3.55. The number of benzene rings is 1. The smallest absolute Gasteiger partial charge is 0.260 e. The number of amides is 1. The Labute approximate surface area is 154 Å². The first kappa shape index (κ1) is 18.9. The predicted octanol–water partition coefficient (Wildman–Crippen LogP) is 0.760. The molecule has 1 N–H and O–H groups in total. The first-order valence-electron chi connectivity index (χ1n) is 9.16. The summed E-state index contributed by atoms with van der Waals surface area (Å²) in [5.74, 6) is 0.952. The van der Waals surface area contributed by atoms with Gasteiger partial charge in [0.2, 0.25) is 0 Å². The highest BCUT2D eigenvalue weighted by Gasteiger charge is 2.36. The van der Waals surface area contributed by atoms with Crippen LogP contribution in [0.3, 0.4) is 0 Å². The van der Waals surface area contributed by atoms with E-state index in [9.17, 15) is 9.90 Å². The highest BCUT2D eigenvalue weighted by Crippen LogP contribution is 2.26. The van der Waals surface area contributed by atoms with Gasteiger partial charge in [-0.15, -0.1) is 0 Å². The van der Waals surface area contributed by atoms with Crippen molar-refractivity contribution in [2.75, 3.05) is 59.7 Å². The molecule has 2 aliphatic rings. The summed E-state index contributed by atoms with van der Waals surface area (Å²) >= 11 is 0. The molecule has 7 nitrogen and oxygen atoms in total. The molecule has 26 heavy (non-hydrogen) atoms. The highest BCUT2D eigenvalue weighted by atomic mass is 16.5. The first-order valence-corrected chi connectivity index (χ1v) is 9.16. The number of nitrogens with zero attached hydrogens (tertiary/aromatic N) is 2. The van der Waals surface area contributed by atoms with Crippen LogP contribution >= 0.6 is 0 Å². The van der Waals surface area contributed by atoms with Gasteiger partial charge in [-0.25, -0.2) is 0 Å². The number of rotatable bonds is 6. The van der Waals surface area contributed by atoms with Crippen LogP contribution in [0.25, 0.3) is 0 Å². The number of likely N-dealkylation sites (tertiary alicyclic amines) is 1. The SMILES string of the molecule is COc1ccccc1OCC(=O)N1CCOC[C@](O)(CN2CCCC2)C1. The maximum absolute atomic E-state index is 12.6. The minimum absolute atomic E-state index is 0.0971. The molecule has 0 aromatic heterocycles. The Morgan fingerprint density at radius 1 is 1.23 bits per heavy atom. The van der Waals surface area contributed by atoms with Gasteiger partial charge in [-0.2, -0.15) is 0 Å². The molecule has 3 rings (SSSR count). The quantitative estimate of drug-likeness (QED) is 0.804. The van der Waals surface area contributed by atoms with Crippen LogP contribution in [0.2, 0.25) is 0 Å². The maximum atomic E-state index is 12.6. The van der Waals surface area contributed by atoms with E-state index in [1.165, 1.54) is 0 Å². The van der Waals surface area contributed by atoms with Crippen LogP contribution in [0.4, 0.5) is 0 Å². The minimum Gasteiger partial charge on any atom is -0.493 e. The lowest BCUT2D eigenvalue weighted by molar-refractivity contribution is -0.136. The van der Waals surface area contributed by atoms with Crippen LogP contribution in [0.1, 0.15) is 12.8 Å². The fourth-order valence-corrected chi connectivity index (χ4v) is 3.55. The number of hydrogen-bond donors (Lipinski definition) is 1. The molecule has 1 atom stereocenters. The van der Waals surface area contributed by atoms with E-state index >= 15 is 0 Å². The zero-order valence-electron chi connectivity index (χ0n) is 15.4. The van der Waals surface area contributed by atoms with E-state index in [0.717, 1.165) is 25.9 Å². The Bertz CT molecular complexity index is 605. The molecule has 7 heteroatoms. The third-order valence-electron chi connectivity index (χ3n) is 4.85. The van der Waals surface area contributed by atoms with Gasteiger partial charge in [0.15, 0.2) is 18.1 Å². The summed E-state index contributed by atoms with van der Waals surface area (Å²) in [7, 11) is 1.56. The normalized spacial score (nSPS) is 24.3. The van der Waals surface area contributed by atoms with Crippen LogP contribution in [0.15, 0.2) is 24.3 Å². The van der Waals surface area contributed by atoms with Crippen LogP contribution in [-0.4, -0.2) is 86.1 Å². The minimum atomic E-state index is -1.04. The molecule has 1 aromatic carbocycles. The summed E-state index contributed by atoms with van der Waals surface area (Å²) in [6.07, 6.45) is 2.32. The second kappa shape index (κ2) is 8.70. The fraction of sp³-hybridized carbons (Fsp3) is 0.632. The number of para-hydroxylation sites is 2. The number of carbonyl (C=O) groups is 1. The summed E-state index contributed by atoms with van der Waals surface area (Å²) in [6.45, 7) is 3.81. The number of aliphatic hydroxyl groups is 1. The van der Waals surface area contributed by atoms with Crippen LogP contribution in [0, 0.1) is 0 Å². The Kier molecular flexibility index (Phi) is 6.34. The molecule has 0 aliphatic carbocycles. The zero-order valence-corrected chi connectivity index (χ0v) is 15.4. The van der Waals surface area contributed by atoms with Crippen molar-refractivity contribution in [1.82, 2.24) is 9.80 Å². The van der Waals surface area contributed by atoms with Gasteiger partial charge in [-0.05, 0) is 38.1 Å². The lowest BCUT2D eigenvalue weighted by Crippen LogP contribution is -2.53. The van der Waals surface area contributed by atoms with Gasteiger partial charge in [-0.1, -0.05) is 12.1 Å². The molecule has 0 radical (unpaired) electrons. The summed E-state index contributed by atoms with van der Waals surface area (Å²) in [5, 5.41) is 11.0. The van der Waals surface area contributed by atoms with Gasteiger partial charge in [0.05, 0.1) is 26.9 Å². The van der Waals surface area contributed by atoms with E-state index in [0.29, 0.717) is 31.2 Å². The number of methoxy groups -OCH3 is 1. The summed E-state index contributed by atoms with van der Waals surface area (Å²) in [6, 6.07) is 7.23. The molecule has 0 unspecified atom stereocenters. The zero-order chi connectivity index (χ0) is 18.4. The molecule has 2 fully saturated rings. The molecule has 1 amide bonds. The van der Waals surface area contributed by atoms with Crippen molar-refractivity contribution < 1.29 is 24.1 Å². The predicted molar refractivity (Wildman–Crippen MR) is 96.5 cm³/mol. The molecule has 0 spiro atoms. The van der Waals surface area contributed by atoms with Crippen molar-refractivity contribution in [2.45, 2.75) is 18.4 Å². The van der Waals surface area contributed by atoms with E-state index in [2.05, 4.69) is 4.90 Å². The van der Waals surface area contributed by atoms with Crippen molar-refractivity contribution in [3.63, 3.8) is 0 Å². The third-order valence-corrected chi connectivity index (χ3v) is 4.85. The van der Waals surface area contributed by atoms with Crippen molar-refractivity contribution >= 4 is 5.91 Å². The van der Waals surface area contributed by atoms with Crippen LogP contribution in [-0.2, 0) is 9.53 Å².